The summed E-state index contributed by atoms with van der Waals surface area (Å²) in [5.74, 6) is 1.41. The molecule has 0 unspecified atom stereocenters. The van der Waals surface area contributed by atoms with Crippen molar-refractivity contribution in [3.05, 3.63) is 71.1 Å². The van der Waals surface area contributed by atoms with Crippen LogP contribution in [0.5, 0.6) is 11.5 Å². The lowest BCUT2D eigenvalue weighted by Crippen LogP contribution is -2.32. The van der Waals surface area contributed by atoms with Crippen LogP contribution in [0.25, 0.3) is 0 Å². The Morgan fingerprint density at radius 3 is 2.73 bits per heavy atom. The first-order chi connectivity index (χ1) is 14.5. The second kappa shape index (κ2) is 8.90. The summed E-state index contributed by atoms with van der Waals surface area (Å²) in [6, 6.07) is 11.3. The number of hydrogen-bond donors (Lipinski definition) is 1. The molecule has 2 aromatic rings. The second-order valence-electron chi connectivity index (χ2n) is 8.35. The number of hydrogen-bond acceptors (Lipinski definition) is 3. The van der Waals surface area contributed by atoms with Gasteiger partial charge in [-0.25, -0.2) is 4.39 Å². The van der Waals surface area contributed by atoms with Gasteiger partial charge in [-0.2, -0.15) is 0 Å². The zero-order valence-electron chi connectivity index (χ0n) is 17.3. The highest BCUT2D eigenvalue weighted by Gasteiger charge is 2.31. The van der Waals surface area contributed by atoms with Gasteiger partial charge < -0.3 is 14.7 Å². The van der Waals surface area contributed by atoms with Crippen molar-refractivity contribution in [1.29, 1.82) is 0 Å². The van der Waals surface area contributed by atoms with Crippen LogP contribution in [0.2, 0.25) is 0 Å². The van der Waals surface area contributed by atoms with Gasteiger partial charge in [-0.3, -0.25) is 4.79 Å². The summed E-state index contributed by atoms with van der Waals surface area (Å²) in [6.45, 7) is 3.92. The minimum Gasteiger partial charge on any atom is -0.508 e. The zero-order chi connectivity index (χ0) is 21.1. The van der Waals surface area contributed by atoms with Gasteiger partial charge in [0, 0.05) is 24.7 Å². The average Bonchev–Trinajstić information content (AvgIpc) is 3.04. The Kier molecular flexibility index (Phi) is 6.07. The van der Waals surface area contributed by atoms with Crippen molar-refractivity contribution >= 4 is 5.91 Å². The lowest BCUT2D eigenvalue weighted by molar-refractivity contribution is 0.0731. The average molecular weight is 410 g/mol. The number of rotatable bonds is 6. The number of ether oxygens (including phenoxy) is 1. The fraction of sp³-hybridized carbons (Fsp3) is 0.400. The van der Waals surface area contributed by atoms with Crippen molar-refractivity contribution in [3.8, 4) is 11.5 Å². The molecule has 0 aromatic heterocycles. The van der Waals surface area contributed by atoms with Gasteiger partial charge >= 0.3 is 0 Å². The molecule has 1 fully saturated rings. The first-order valence-electron chi connectivity index (χ1n) is 10.7. The molecule has 2 aliphatic rings. The summed E-state index contributed by atoms with van der Waals surface area (Å²) in [7, 11) is 0. The molecule has 1 heterocycles. The number of benzene rings is 2. The van der Waals surface area contributed by atoms with Crippen LogP contribution in [-0.4, -0.2) is 29.1 Å². The van der Waals surface area contributed by atoms with Gasteiger partial charge in [-0.15, -0.1) is 0 Å². The molecule has 1 N–H and O–H groups in total. The molecule has 1 saturated carbocycles. The number of carbonyl (C=O) groups excluding carboxylic acids is 1. The molecule has 4 nitrogen and oxygen atoms in total. The molecule has 0 atom stereocenters. The van der Waals surface area contributed by atoms with Crippen LogP contribution in [0.15, 0.2) is 54.1 Å². The van der Waals surface area contributed by atoms with Crippen LogP contribution in [-0.2, 0) is 6.54 Å². The molecule has 0 radical (unpaired) electrons. The maximum Gasteiger partial charge on any atom is 0.254 e. The van der Waals surface area contributed by atoms with Crippen LogP contribution < -0.4 is 4.74 Å². The molecule has 1 amide bonds. The van der Waals surface area contributed by atoms with E-state index in [1.165, 1.54) is 17.7 Å². The largest absolute Gasteiger partial charge is 0.508 e. The third-order valence-corrected chi connectivity index (χ3v) is 6.39. The van der Waals surface area contributed by atoms with Crippen molar-refractivity contribution in [2.24, 2.45) is 11.8 Å². The maximum atomic E-state index is 13.3. The summed E-state index contributed by atoms with van der Waals surface area (Å²) < 4.78 is 19.1. The van der Waals surface area contributed by atoms with Gasteiger partial charge in [0.05, 0.1) is 0 Å². The summed E-state index contributed by atoms with van der Waals surface area (Å²) in [5, 5.41) is 9.65. The molecule has 1 aliphatic heterocycles. The van der Waals surface area contributed by atoms with Crippen LogP contribution in [0.3, 0.4) is 0 Å². The molecule has 158 valence electrons. The Morgan fingerprint density at radius 2 is 2.00 bits per heavy atom. The number of fused-ring (bicyclic) bond motifs is 1. The molecule has 4 rings (SSSR count). The summed E-state index contributed by atoms with van der Waals surface area (Å²) >= 11 is 0. The van der Waals surface area contributed by atoms with E-state index in [1.54, 1.807) is 24.3 Å². The predicted octanol–water partition coefficient (Wildman–Crippen LogP) is 5.32. The number of phenols is 1. The molecule has 5 heteroatoms. The topological polar surface area (TPSA) is 49.8 Å². The van der Waals surface area contributed by atoms with E-state index in [-0.39, 0.29) is 17.5 Å². The minimum absolute atomic E-state index is 0.0284. The smallest absolute Gasteiger partial charge is 0.254 e. The summed E-state index contributed by atoms with van der Waals surface area (Å²) in [5.41, 5.74) is 2.89. The van der Waals surface area contributed by atoms with Crippen LogP contribution in [0.1, 0.15) is 48.5 Å². The van der Waals surface area contributed by atoms with Crippen molar-refractivity contribution in [2.75, 3.05) is 13.2 Å². The van der Waals surface area contributed by atoms with Crippen molar-refractivity contribution < 1.29 is 19.0 Å². The number of nitrogens with zero attached hydrogens (tertiary/aromatic N) is 1. The number of allylic oxidation sites excluding steroid dienone is 1. The van der Waals surface area contributed by atoms with Crippen LogP contribution >= 0.6 is 0 Å². The van der Waals surface area contributed by atoms with Gasteiger partial charge in [0.1, 0.15) is 23.9 Å². The number of halogens is 1. The molecule has 0 bridgehead atoms. The van der Waals surface area contributed by atoms with Crippen LogP contribution in [0.4, 0.5) is 4.39 Å². The Bertz CT molecular complexity index is 947. The van der Waals surface area contributed by atoms with E-state index >= 15 is 0 Å². The zero-order valence-corrected chi connectivity index (χ0v) is 17.3. The number of phenolic OH excluding ortho intramolecular Hbond substituents is 1. The van der Waals surface area contributed by atoms with Gasteiger partial charge in [0.25, 0.3) is 5.91 Å². The highest BCUT2D eigenvalue weighted by atomic mass is 19.1. The standard InChI is InChI=1S/C25H28FNO3/c1-2-18(16-30-23-5-3-4-21(26)12-23)19-8-6-17(7-9-19)14-27-15-20-10-11-22(28)13-24(20)25(27)29/h2-5,10-13,17,19,28H,6-9,14-16H2,1H3/b18-2-. The number of amides is 1. The molecule has 0 spiro atoms. The third kappa shape index (κ3) is 4.50. The van der Waals surface area contributed by atoms with E-state index in [4.69, 9.17) is 4.74 Å². The van der Waals surface area contributed by atoms with E-state index < -0.39 is 0 Å². The van der Waals surface area contributed by atoms with Crippen molar-refractivity contribution in [2.45, 2.75) is 39.2 Å². The number of aromatic hydroxyl groups is 1. The van der Waals surface area contributed by atoms with Gasteiger partial charge in [0.2, 0.25) is 0 Å². The second-order valence-corrected chi connectivity index (χ2v) is 8.35. The fourth-order valence-electron chi connectivity index (χ4n) is 4.68. The molecule has 2 aromatic carbocycles. The lowest BCUT2D eigenvalue weighted by Gasteiger charge is -2.32. The van der Waals surface area contributed by atoms with Gasteiger partial charge in [-0.05, 0) is 79.8 Å². The predicted molar refractivity (Wildman–Crippen MR) is 114 cm³/mol. The molecular weight excluding hydrogens is 381 g/mol. The summed E-state index contributed by atoms with van der Waals surface area (Å²) in [4.78, 5) is 14.6. The van der Waals surface area contributed by atoms with E-state index in [1.807, 2.05) is 17.9 Å². The minimum atomic E-state index is -0.288. The lowest BCUT2D eigenvalue weighted by atomic mass is 9.78. The first-order valence-corrected chi connectivity index (χ1v) is 10.7. The Morgan fingerprint density at radius 1 is 1.20 bits per heavy atom. The van der Waals surface area contributed by atoms with Crippen molar-refractivity contribution in [3.63, 3.8) is 0 Å². The quantitative estimate of drug-likeness (QED) is 0.657. The van der Waals surface area contributed by atoms with E-state index in [9.17, 15) is 14.3 Å². The fourth-order valence-corrected chi connectivity index (χ4v) is 4.68. The monoisotopic (exact) mass is 409 g/mol. The molecule has 0 saturated heterocycles. The van der Waals surface area contributed by atoms with E-state index in [2.05, 4.69) is 6.08 Å². The SMILES string of the molecule is C/C=C(/COc1cccc(F)c1)C1CCC(CN2Cc3ccc(O)cc3C2=O)CC1. The third-order valence-electron chi connectivity index (χ3n) is 6.39. The van der Waals surface area contributed by atoms with Crippen LogP contribution in [0, 0.1) is 17.7 Å². The Labute approximate surface area is 177 Å². The van der Waals surface area contributed by atoms with E-state index in [0.717, 1.165) is 37.8 Å². The highest BCUT2D eigenvalue weighted by Crippen LogP contribution is 2.35. The molecule has 1 aliphatic carbocycles. The van der Waals surface area contributed by atoms with Gasteiger partial charge in [-0.1, -0.05) is 18.2 Å². The first kappa shape index (κ1) is 20.5. The normalized spacial score (nSPS) is 21.6. The highest BCUT2D eigenvalue weighted by molar-refractivity contribution is 5.98. The number of carbonyl (C=O) groups is 1. The van der Waals surface area contributed by atoms with Gasteiger partial charge in [0.15, 0.2) is 0 Å². The molecule has 30 heavy (non-hydrogen) atoms. The Hall–Kier alpha value is -2.82. The maximum absolute atomic E-state index is 13.3. The summed E-state index contributed by atoms with van der Waals surface area (Å²) in [6.07, 6.45) is 6.43. The van der Waals surface area contributed by atoms with E-state index in [0.29, 0.717) is 36.3 Å². The Balaban J connectivity index is 1.28. The van der Waals surface area contributed by atoms with Crippen molar-refractivity contribution in [1.82, 2.24) is 4.90 Å². The molecular formula is C25H28FNO3.